The average Bonchev–Trinajstić information content (AvgIpc) is 2.90. The van der Waals surface area contributed by atoms with Crippen LogP contribution in [0.15, 0.2) is 41.3 Å². The van der Waals surface area contributed by atoms with E-state index in [2.05, 4.69) is 0 Å². The minimum atomic E-state index is -3.64. The average molecular weight is 377 g/mol. The van der Waals surface area contributed by atoms with Crippen molar-refractivity contribution in [3.63, 3.8) is 0 Å². The van der Waals surface area contributed by atoms with Crippen LogP contribution >= 0.6 is 0 Å². The van der Waals surface area contributed by atoms with Crippen LogP contribution in [0.2, 0.25) is 0 Å². The lowest BCUT2D eigenvalue weighted by Gasteiger charge is -2.17. The molecule has 0 radical (unpaired) electrons. The highest BCUT2D eigenvalue weighted by Gasteiger charge is 2.35. The molecule has 138 valence electrons. The zero-order chi connectivity index (χ0) is 18.9. The minimum Gasteiger partial charge on any atom is -0.497 e. The second kappa shape index (κ2) is 6.97. The van der Waals surface area contributed by atoms with Gasteiger partial charge in [-0.25, -0.2) is 13.2 Å². The highest BCUT2D eigenvalue weighted by atomic mass is 32.2. The predicted octanol–water partition coefficient (Wildman–Crippen LogP) is 2.19. The third-order valence-electron chi connectivity index (χ3n) is 4.29. The summed E-state index contributed by atoms with van der Waals surface area (Å²) >= 11 is 0. The standard InChI is InChI=1S/C18H19NO6S/c1-23-15-6-4-13(16(9-15)24-2)10-19-11-14-8-12(18(20)25-3)5-7-17(14)26(19,21)22/h4-9H,10-11H2,1-3H3. The second-order valence-electron chi connectivity index (χ2n) is 5.76. The van der Waals surface area contributed by atoms with E-state index in [1.165, 1.54) is 30.7 Å². The van der Waals surface area contributed by atoms with Crippen molar-refractivity contribution in [1.29, 1.82) is 0 Å². The number of rotatable bonds is 5. The Kier molecular flexibility index (Phi) is 4.88. The summed E-state index contributed by atoms with van der Waals surface area (Å²) in [5, 5.41) is 0. The fourth-order valence-corrected chi connectivity index (χ4v) is 4.52. The van der Waals surface area contributed by atoms with Crippen LogP contribution in [-0.4, -0.2) is 40.0 Å². The molecule has 0 aliphatic carbocycles. The molecule has 0 atom stereocenters. The van der Waals surface area contributed by atoms with E-state index in [0.717, 1.165) is 5.56 Å². The smallest absolute Gasteiger partial charge is 0.337 e. The highest BCUT2D eigenvalue weighted by Crippen LogP contribution is 2.34. The van der Waals surface area contributed by atoms with Crippen LogP contribution in [0.5, 0.6) is 11.5 Å². The highest BCUT2D eigenvalue weighted by molar-refractivity contribution is 7.89. The maximum Gasteiger partial charge on any atom is 0.337 e. The molecule has 8 heteroatoms. The molecular weight excluding hydrogens is 358 g/mol. The Labute approximate surface area is 152 Å². The Balaban J connectivity index is 1.92. The minimum absolute atomic E-state index is 0.151. The third-order valence-corrected chi connectivity index (χ3v) is 6.18. The van der Waals surface area contributed by atoms with Crippen LogP contribution in [0.3, 0.4) is 0 Å². The molecule has 0 unspecified atom stereocenters. The van der Waals surface area contributed by atoms with Crippen LogP contribution in [0.4, 0.5) is 0 Å². The molecular formula is C18H19NO6S. The number of methoxy groups -OCH3 is 3. The quantitative estimate of drug-likeness (QED) is 0.743. The van der Waals surface area contributed by atoms with Crippen molar-refractivity contribution < 1.29 is 27.4 Å². The number of nitrogens with zero attached hydrogens (tertiary/aromatic N) is 1. The van der Waals surface area contributed by atoms with Gasteiger partial charge in [-0.05, 0) is 29.8 Å². The number of sulfonamides is 1. The number of carbonyl (C=O) groups excluding carboxylic acids is 1. The van der Waals surface area contributed by atoms with Crippen LogP contribution in [0.25, 0.3) is 0 Å². The second-order valence-corrected chi connectivity index (χ2v) is 7.67. The number of hydrogen-bond donors (Lipinski definition) is 0. The summed E-state index contributed by atoms with van der Waals surface area (Å²) in [6.07, 6.45) is 0. The van der Waals surface area contributed by atoms with Gasteiger partial charge in [-0.15, -0.1) is 0 Å². The van der Waals surface area contributed by atoms with Gasteiger partial charge in [0.25, 0.3) is 0 Å². The summed E-state index contributed by atoms with van der Waals surface area (Å²) in [7, 11) is 0.719. The Morgan fingerprint density at radius 2 is 1.85 bits per heavy atom. The van der Waals surface area contributed by atoms with Crippen molar-refractivity contribution in [2.75, 3.05) is 21.3 Å². The largest absolute Gasteiger partial charge is 0.497 e. The monoisotopic (exact) mass is 377 g/mol. The van der Waals surface area contributed by atoms with Crippen LogP contribution in [0, 0.1) is 0 Å². The number of carbonyl (C=O) groups is 1. The first kappa shape index (κ1) is 18.2. The molecule has 1 aliphatic heterocycles. The van der Waals surface area contributed by atoms with Crippen LogP contribution < -0.4 is 9.47 Å². The van der Waals surface area contributed by atoms with Gasteiger partial charge >= 0.3 is 5.97 Å². The van der Waals surface area contributed by atoms with Gasteiger partial charge in [0, 0.05) is 24.7 Å². The first-order chi connectivity index (χ1) is 12.4. The summed E-state index contributed by atoms with van der Waals surface area (Å²) in [5.74, 6) is 0.673. The SMILES string of the molecule is COC(=O)c1ccc2c(c1)CN(Cc1ccc(OC)cc1OC)S2(=O)=O. The van der Waals surface area contributed by atoms with Gasteiger partial charge < -0.3 is 14.2 Å². The van der Waals surface area contributed by atoms with Gasteiger partial charge in [-0.2, -0.15) is 4.31 Å². The molecule has 0 saturated heterocycles. The van der Waals surface area contributed by atoms with E-state index in [9.17, 15) is 13.2 Å². The van der Waals surface area contributed by atoms with Crippen molar-refractivity contribution in [2.45, 2.75) is 18.0 Å². The maximum atomic E-state index is 12.8. The van der Waals surface area contributed by atoms with E-state index in [1.54, 1.807) is 31.4 Å². The molecule has 7 nitrogen and oxygen atoms in total. The van der Waals surface area contributed by atoms with E-state index in [-0.39, 0.29) is 18.0 Å². The number of esters is 1. The van der Waals surface area contributed by atoms with Gasteiger partial charge in [-0.1, -0.05) is 6.07 Å². The Morgan fingerprint density at radius 3 is 2.50 bits per heavy atom. The fraction of sp³-hybridized carbons (Fsp3) is 0.278. The van der Waals surface area contributed by atoms with Crippen LogP contribution in [-0.2, 0) is 27.8 Å². The summed E-state index contributed by atoms with van der Waals surface area (Å²) in [6, 6.07) is 9.70. The summed E-state index contributed by atoms with van der Waals surface area (Å²) < 4.78 is 42.2. The third kappa shape index (κ3) is 3.13. The molecule has 0 aromatic heterocycles. The lowest BCUT2D eigenvalue weighted by atomic mass is 10.1. The molecule has 0 spiro atoms. The number of benzene rings is 2. The molecule has 0 bridgehead atoms. The predicted molar refractivity (Wildman–Crippen MR) is 93.8 cm³/mol. The van der Waals surface area contributed by atoms with Gasteiger partial charge in [0.2, 0.25) is 10.0 Å². The van der Waals surface area contributed by atoms with Gasteiger partial charge in [0.1, 0.15) is 11.5 Å². The van der Waals surface area contributed by atoms with Crippen molar-refractivity contribution in [1.82, 2.24) is 4.31 Å². The number of ether oxygens (including phenoxy) is 3. The molecule has 0 fully saturated rings. The molecule has 1 aliphatic rings. The molecule has 0 saturated carbocycles. The van der Waals surface area contributed by atoms with Crippen molar-refractivity contribution in [2.24, 2.45) is 0 Å². The molecule has 2 aromatic carbocycles. The van der Waals surface area contributed by atoms with E-state index in [0.29, 0.717) is 22.6 Å². The van der Waals surface area contributed by atoms with Gasteiger partial charge in [0.05, 0.1) is 31.8 Å². The van der Waals surface area contributed by atoms with E-state index < -0.39 is 16.0 Å². The van der Waals surface area contributed by atoms with Crippen LogP contribution in [0.1, 0.15) is 21.5 Å². The summed E-state index contributed by atoms with van der Waals surface area (Å²) in [6.45, 7) is 0.329. The Hall–Kier alpha value is -2.58. The first-order valence-electron chi connectivity index (χ1n) is 7.83. The molecule has 2 aromatic rings. The van der Waals surface area contributed by atoms with E-state index in [4.69, 9.17) is 14.2 Å². The fourth-order valence-electron chi connectivity index (χ4n) is 2.93. The number of hydrogen-bond acceptors (Lipinski definition) is 6. The molecule has 3 rings (SSSR count). The lowest BCUT2D eigenvalue weighted by molar-refractivity contribution is 0.0600. The Morgan fingerprint density at radius 1 is 1.08 bits per heavy atom. The van der Waals surface area contributed by atoms with Gasteiger partial charge in [0.15, 0.2) is 0 Å². The number of fused-ring (bicyclic) bond motifs is 1. The molecule has 0 amide bonds. The molecule has 0 N–H and O–H groups in total. The first-order valence-corrected chi connectivity index (χ1v) is 9.27. The normalized spacial score (nSPS) is 15.3. The van der Waals surface area contributed by atoms with Crippen molar-refractivity contribution >= 4 is 16.0 Å². The van der Waals surface area contributed by atoms with Crippen molar-refractivity contribution in [3.05, 3.63) is 53.1 Å². The molecule has 1 heterocycles. The van der Waals surface area contributed by atoms with E-state index >= 15 is 0 Å². The Bertz CT molecular complexity index is 954. The lowest BCUT2D eigenvalue weighted by Crippen LogP contribution is -2.24. The molecule has 26 heavy (non-hydrogen) atoms. The van der Waals surface area contributed by atoms with E-state index in [1.807, 2.05) is 0 Å². The zero-order valence-corrected chi connectivity index (χ0v) is 15.5. The summed E-state index contributed by atoms with van der Waals surface area (Å²) in [4.78, 5) is 11.9. The topological polar surface area (TPSA) is 82.1 Å². The zero-order valence-electron chi connectivity index (χ0n) is 14.7. The maximum absolute atomic E-state index is 12.8. The van der Waals surface area contributed by atoms with Gasteiger partial charge in [-0.3, -0.25) is 0 Å². The van der Waals surface area contributed by atoms with Crippen molar-refractivity contribution in [3.8, 4) is 11.5 Å². The summed E-state index contributed by atoms with van der Waals surface area (Å²) in [5.41, 5.74) is 1.61.